The Hall–Kier alpha value is -4.44. The van der Waals surface area contributed by atoms with Gasteiger partial charge in [-0.15, -0.1) is 0 Å². The van der Waals surface area contributed by atoms with E-state index in [2.05, 4.69) is 5.10 Å². The van der Waals surface area contributed by atoms with Gasteiger partial charge in [0.25, 0.3) is 5.91 Å². The van der Waals surface area contributed by atoms with E-state index in [9.17, 15) is 23.6 Å². The molecule has 11 heteroatoms. The summed E-state index contributed by atoms with van der Waals surface area (Å²) in [6, 6.07) is 14.6. The number of aromatic nitrogens is 2. The van der Waals surface area contributed by atoms with E-state index in [0.29, 0.717) is 22.0 Å². The molecule has 2 heterocycles. The number of carbonyl (C=O) groups is 4. The number of Topliss-reactive ketones (excluding diaryl/α,β-unsaturated/α-hetero) is 2. The summed E-state index contributed by atoms with van der Waals surface area (Å²) >= 11 is 6.30. The highest BCUT2D eigenvalue weighted by Crippen LogP contribution is 2.33. The van der Waals surface area contributed by atoms with E-state index in [1.165, 1.54) is 35.9 Å². The topological polar surface area (TPSA) is 115 Å². The maximum absolute atomic E-state index is 15.7. The number of nitrogens with zero attached hydrogens (tertiary/aromatic N) is 3. The first-order chi connectivity index (χ1) is 19.5. The average Bonchev–Trinajstić information content (AvgIpc) is 3.51. The molecule has 8 nitrogen and oxygen atoms in total. The molecule has 41 heavy (non-hydrogen) atoms. The highest BCUT2D eigenvalue weighted by atomic mass is 35.5. The first kappa shape index (κ1) is 28.1. The molecular weight excluding hydrogens is 554 g/mol. The zero-order valence-electron chi connectivity index (χ0n) is 21.9. The molecule has 1 aliphatic rings. The summed E-state index contributed by atoms with van der Waals surface area (Å²) in [6.07, 6.45) is -2.04. The van der Waals surface area contributed by atoms with E-state index in [1.807, 2.05) is 0 Å². The number of fused-ring (bicyclic) bond motifs is 1. The number of rotatable bonds is 8. The Bertz CT molecular complexity index is 1720. The fourth-order valence-electron chi connectivity index (χ4n) is 5.20. The predicted molar refractivity (Wildman–Crippen MR) is 149 cm³/mol. The number of amides is 2. The maximum Gasteiger partial charge on any atom is 0.269 e. The SMILES string of the molecule is CC(=O)c1ccc(Cl)c(-c2cccc(CC(=O)[C@@H]3C[C@@H](F)CN3C(=O)Cn3nc(C(N)=O)c4ccccc43)c2F)c1. The molecule has 2 N–H and O–H groups in total. The lowest BCUT2D eigenvalue weighted by Crippen LogP contribution is -2.43. The number of benzene rings is 3. The number of ketones is 2. The van der Waals surface area contributed by atoms with Gasteiger partial charge >= 0.3 is 0 Å². The Morgan fingerprint density at radius 2 is 1.80 bits per heavy atom. The Morgan fingerprint density at radius 3 is 2.54 bits per heavy atom. The molecule has 2 amide bonds. The maximum atomic E-state index is 15.7. The number of hydrogen-bond donors (Lipinski definition) is 1. The summed E-state index contributed by atoms with van der Waals surface area (Å²) in [4.78, 5) is 51.5. The number of alkyl halides is 1. The van der Waals surface area contributed by atoms with Gasteiger partial charge < -0.3 is 10.6 Å². The predicted octanol–water partition coefficient (Wildman–Crippen LogP) is 4.55. The van der Waals surface area contributed by atoms with Crippen molar-refractivity contribution in [2.75, 3.05) is 6.54 Å². The third kappa shape index (κ3) is 5.47. The molecule has 0 radical (unpaired) electrons. The van der Waals surface area contributed by atoms with Crippen molar-refractivity contribution in [2.45, 2.75) is 38.5 Å². The summed E-state index contributed by atoms with van der Waals surface area (Å²) in [7, 11) is 0. The molecule has 5 rings (SSSR count). The quantitative estimate of drug-likeness (QED) is 0.308. The normalized spacial score (nSPS) is 16.7. The van der Waals surface area contributed by atoms with Gasteiger partial charge in [0.05, 0.1) is 18.1 Å². The molecule has 1 aromatic heterocycles. The van der Waals surface area contributed by atoms with Gasteiger partial charge in [0.2, 0.25) is 5.91 Å². The summed E-state index contributed by atoms with van der Waals surface area (Å²) in [5.74, 6) is -2.77. The van der Waals surface area contributed by atoms with Crippen LogP contribution in [0.2, 0.25) is 5.02 Å². The molecule has 0 saturated carbocycles. The molecule has 1 fully saturated rings. The van der Waals surface area contributed by atoms with E-state index in [4.69, 9.17) is 17.3 Å². The van der Waals surface area contributed by atoms with Crippen LogP contribution in [0.1, 0.15) is 39.8 Å². The minimum Gasteiger partial charge on any atom is -0.364 e. The summed E-state index contributed by atoms with van der Waals surface area (Å²) in [5, 5.41) is 4.86. The van der Waals surface area contributed by atoms with Gasteiger partial charge in [-0.2, -0.15) is 5.10 Å². The molecule has 0 bridgehead atoms. The second kappa shape index (κ2) is 11.2. The smallest absolute Gasteiger partial charge is 0.269 e. The van der Waals surface area contributed by atoms with Crippen LogP contribution in [-0.4, -0.2) is 56.8 Å². The lowest BCUT2D eigenvalue weighted by atomic mass is 9.95. The van der Waals surface area contributed by atoms with E-state index in [0.717, 1.165) is 4.90 Å². The minimum absolute atomic E-state index is 0.00452. The van der Waals surface area contributed by atoms with Crippen LogP contribution >= 0.6 is 11.6 Å². The molecular formula is C30H25ClF2N4O4. The first-order valence-corrected chi connectivity index (χ1v) is 13.2. The highest BCUT2D eigenvalue weighted by Gasteiger charge is 2.40. The van der Waals surface area contributed by atoms with Gasteiger partial charge in [-0.25, -0.2) is 8.78 Å². The zero-order valence-corrected chi connectivity index (χ0v) is 22.7. The molecule has 0 unspecified atom stereocenters. The second-order valence-electron chi connectivity index (χ2n) is 9.96. The zero-order chi connectivity index (χ0) is 29.4. The van der Waals surface area contributed by atoms with Crippen LogP contribution in [0.4, 0.5) is 8.78 Å². The van der Waals surface area contributed by atoms with Gasteiger partial charge in [0.1, 0.15) is 18.5 Å². The number of primary amides is 1. The number of carbonyl (C=O) groups excluding carboxylic acids is 4. The molecule has 0 spiro atoms. The summed E-state index contributed by atoms with van der Waals surface area (Å²) in [5.41, 5.74) is 6.73. The fraction of sp³-hybridized carbons (Fsp3) is 0.233. The van der Waals surface area contributed by atoms with Gasteiger partial charge in [-0.3, -0.25) is 23.9 Å². The van der Waals surface area contributed by atoms with Crippen molar-refractivity contribution in [3.8, 4) is 11.1 Å². The number of likely N-dealkylation sites (tertiary alicyclic amines) is 1. The third-order valence-electron chi connectivity index (χ3n) is 7.22. The lowest BCUT2D eigenvalue weighted by Gasteiger charge is -2.23. The Morgan fingerprint density at radius 1 is 1.05 bits per heavy atom. The standard InChI is InChI=1S/C30H25ClF2N4O4/c1-16(38)17-9-10-23(31)22(11-17)20-7-4-5-18(28(20)33)12-26(39)25-13-19(32)14-36(25)27(40)15-37-24-8-3-2-6-21(24)29(35-37)30(34)41/h2-11,19,25H,12-15H2,1H3,(H2,34,41)/t19-,25+/m1/s1. The van der Waals surface area contributed by atoms with Crippen molar-refractivity contribution >= 4 is 45.9 Å². The first-order valence-electron chi connectivity index (χ1n) is 12.8. The van der Waals surface area contributed by atoms with Crippen molar-refractivity contribution in [3.63, 3.8) is 0 Å². The van der Waals surface area contributed by atoms with E-state index in [-0.39, 0.29) is 53.6 Å². The molecule has 1 saturated heterocycles. The van der Waals surface area contributed by atoms with Gasteiger partial charge in [-0.1, -0.05) is 48.0 Å². The molecule has 2 atom stereocenters. The number of halogens is 3. The van der Waals surface area contributed by atoms with Crippen LogP contribution in [-0.2, 0) is 22.6 Å². The van der Waals surface area contributed by atoms with E-state index in [1.54, 1.807) is 36.4 Å². The fourth-order valence-corrected chi connectivity index (χ4v) is 5.41. The van der Waals surface area contributed by atoms with Gasteiger partial charge in [0, 0.05) is 39.9 Å². The van der Waals surface area contributed by atoms with Crippen LogP contribution in [0.3, 0.4) is 0 Å². The lowest BCUT2D eigenvalue weighted by molar-refractivity contribution is -0.138. The Balaban J connectivity index is 1.39. The van der Waals surface area contributed by atoms with Crippen LogP contribution < -0.4 is 5.73 Å². The van der Waals surface area contributed by atoms with Crippen molar-refractivity contribution in [3.05, 3.63) is 88.3 Å². The Labute approximate surface area is 238 Å². The highest BCUT2D eigenvalue weighted by molar-refractivity contribution is 6.33. The van der Waals surface area contributed by atoms with Crippen LogP contribution in [0.25, 0.3) is 22.0 Å². The van der Waals surface area contributed by atoms with Crippen LogP contribution in [0, 0.1) is 5.82 Å². The minimum atomic E-state index is -1.44. The third-order valence-corrected chi connectivity index (χ3v) is 7.55. The molecule has 210 valence electrons. The Kier molecular flexibility index (Phi) is 7.68. The van der Waals surface area contributed by atoms with Crippen molar-refractivity contribution < 1.29 is 28.0 Å². The molecule has 3 aromatic carbocycles. The van der Waals surface area contributed by atoms with Gasteiger partial charge in [-0.05, 0) is 36.8 Å². The average molecular weight is 579 g/mol. The number of hydrogen-bond acceptors (Lipinski definition) is 5. The summed E-state index contributed by atoms with van der Waals surface area (Å²) < 4.78 is 31.5. The van der Waals surface area contributed by atoms with Crippen molar-refractivity contribution in [1.82, 2.24) is 14.7 Å². The van der Waals surface area contributed by atoms with Gasteiger partial charge in [0.15, 0.2) is 17.3 Å². The number of nitrogens with two attached hydrogens (primary N) is 1. The van der Waals surface area contributed by atoms with E-state index >= 15 is 4.39 Å². The van der Waals surface area contributed by atoms with Crippen molar-refractivity contribution in [1.29, 1.82) is 0 Å². The van der Waals surface area contributed by atoms with Crippen LogP contribution in [0.15, 0.2) is 60.7 Å². The monoisotopic (exact) mass is 578 g/mol. The summed E-state index contributed by atoms with van der Waals surface area (Å²) in [6.45, 7) is 0.739. The largest absolute Gasteiger partial charge is 0.364 e. The van der Waals surface area contributed by atoms with Crippen LogP contribution in [0.5, 0.6) is 0 Å². The molecule has 4 aromatic rings. The van der Waals surface area contributed by atoms with Crippen molar-refractivity contribution in [2.24, 2.45) is 5.73 Å². The second-order valence-corrected chi connectivity index (χ2v) is 10.4. The van der Waals surface area contributed by atoms with E-state index < -0.39 is 35.6 Å². The molecule has 1 aliphatic heterocycles. The molecule has 0 aliphatic carbocycles. The number of para-hydroxylation sites is 1.